The summed E-state index contributed by atoms with van der Waals surface area (Å²) in [5, 5.41) is 6.76. The maximum Gasteiger partial charge on any atom is 0.258 e. The Labute approximate surface area is 177 Å². The molecule has 0 saturated carbocycles. The lowest BCUT2D eigenvalue weighted by molar-refractivity contribution is 0.102. The molecule has 1 amide bonds. The van der Waals surface area contributed by atoms with E-state index in [1.807, 2.05) is 0 Å². The number of ether oxygens (including phenoxy) is 2. The average Bonchev–Trinajstić information content (AvgIpc) is 3.30. The van der Waals surface area contributed by atoms with E-state index < -0.39 is 0 Å². The summed E-state index contributed by atoms with van der Waals surface area (Å²) in [6.07, 6.45) is 0. The van der Waals surface area contributed by atoms with Crippen LogP contribution in [-0.4, -0.2) is 30.3 Å². The van der Waals surface area contributed by atoms with Gasteiger partial charge in [0.1, 0.15) is 17.3 Å². The Morgan fingerprint density at radius 2 is 1.77 bits per heavy atom. The van der Waals surface area contributed by atoms with Crippen molar-refractivity contribution in [1.29, 1.82) is 0 Å². The molecule has 7 nitrogen and oxygen atoms in total. The van der Waals surface area contributed by atoms with Crippen LogP contribution < -0.4 is 14.8 Å². The maximum atomic E-state index is 13.1. The minimum atomic E-state index is -0.348. The number of benzene rings is 3. The van der Waals surface area contributed by atoms with Gasteiger partial charge in [0.2, 0.25) is 5.82 Å². The minimum absolute atomic E-state index is 0.246. The Kier molecular flexibility index (Phi) is 5.61. The van der Waals surface area contributed by atoms with Gasteiger partial charge in [0.25, 0.3) is 11.8 Å². The number of hydrogen-bond acceptors (Lipinski definition) is 6. The summed E-state index contributed by atoms with van der Waals surface area (Å²) in [4.78, 5) is 17.1. The third kappa shape index (κ3) is 4.37. The summed E-state index contributed by atoms with van der Waals surface area (Å²) in [6, 6.07) is 17.7. The number of nitrogens with one attached hydrogen (secondary N) is 1. The van der Waals surface area contributed by atoms with E-state index in [4.69, 9.17) is 14.0 Å². The van der Waals surface area contributed by atoms with Gasteiger partial charge in [-0.15, -0.1) is 0 Å². The van der Waals surface area contributed by atoms with Crippen LogP contribution in [0, 0.1) is 5.82 Å². The van der Waals surface area contributed by atoms with Gasteiger partial charge in [0, 0.05) is 22.8 Å². The van der Waals surface area contributed by atoms with E-state index in [1.54, 1.807) is 61.7 Å². The quantitative estimate of drug-likeness (QED) is 0.483. The number of hydrogen-bond donors (Lipinski definition) is 1. The Balaban J connectivity index is 1.56. The largest absolute Gasteiger partial charge is 0.497 e. The molecule has 0 fully saturated rings. The summed E-state index contributed by atoms with van der Waals surface area (Å²) in [6.45, 7) is 0. The molecular formula is C23H18FN3O4. The highest BCUT2D eigenvalue weighted by Gasteiger charge is 2.15. The Hall–Kier alpha value is -4.20. The van der Waals surface area contributed by atoms with Crippen LogP contribution in [0.15, 0.2) is 71.3 Å². The van der Waals surface area contributed by atoms with Crippen molar-refractivity contribution >= 4 is 11.6 Å². The third-order valence-electron chi connectivity index (χ3n) is 4.56. The Morgan fingerprint density at radius 1 is 0.968 bits per heavy atom. The molecule has 8 heteroatoms. The van der Waals surface area contributed by atoms with E-state index in [9.17, 15) is 9.18 Å². The number of halogens is 1. The van der Waals surface area contributed by atoms with E-state index >= 15 is 0 Å². The van der Waals surface area contributed by atoms with Crippen LogP contribution in [-0.2, 0) is 0 Å². The number of carbonyl (C=O) groups excluding carboxylic acids is 1. The zero-order valence-electron chi connectivity index (χ0n) is 16.8. The van der Waals surface area contributed by atoms with Crippen molar-refractivity contribution in [3.63, 3.8) is 0 Å². The number of nitrogens with zero attached hydrogens (tertiary/aromatic N) is 2. The van der Waals surface area contributed by atoms with Crippen molar-refractivity contribution < 1.29 is 23.2 Å². The number of aromatic nitrogens is 2. The molecule has 0 saturated heterocycles. The monoisotopic (exact) mass is 419 g/mol. The van der Waals surface area contributed by atoms with Crippen molar-refractivity contribution in [2.75, 3.05) is 19.5 Å². The van der Waals surface area contributed by atoms with Gasteiger partial charge in [0.15, 0.2) is 0 Å². The molecular weight excluding hydrogens is 401 g/mol. The molecule has 0 bridgehead atoms. The predicted octanol–water partition coefficient (Wildman–Crippen LogP) is 4.81. The van der Waals surface area contributed by atoms with Gasteiger partial charge in [-0.3, -0.25) is 4.79 Å². The van der Waals surface area contributed by atoms with Crippen molar-refractivity contribution in [3.05, 3.63) is 78.1 Å². The summed E-state index contributed by atoms with van der Waals surface area (Å²) in [5.74, 6) is 0.988. The summed E-state index contributed by atoms with van der Waals surface area (Å²) in [7, 11) is 3.07. The summed E-state index contributed by atoms with van der Waals surface area (Å²) < 4.78 is 28.9. The molecule has 31 heavy (non-hydrogen) atoms. The normalized spacial score (nSPS) is 10.5. The van der Waals surface area contributed by atoms with Gasteiger partial charge in [-0.25, -0.2) is 4.39 Å². The molecule has 0 aliphatic heterocycles. The van der Waals surface area contributed by atoms with E-state index in [1.165, 1.54) is 19.2 Å². The first-order chi connectivity index (χ1) is 15.1. The molecule has 156 valence electrons. The highest BCUT2D eigenvalue weighted by Crippen LogP contribution is 2.30. The molecule has 4 aromatic rings. The molecule has 1 heterocycles. The van der Waals surface area contributed by atoms with Crippen molar-refractivity contribution in [3.8, 4) is 34.3 Å². The van der Waals surface area contributed by atoms with Crippen molar-refractivity contribution in [2.45, 2.75) is 0 Å². The first kappa shape index (κ1) is 20.1. The lowest BCUT2D eigenvalue weighted by Gasteiger charge is -2.11. The van der Waals surface area contributed by atoms with Gasteiger partial charge in [-0.05, 0) is 54.6 Å². The highest BCUT2D eigenvalue weighted by atomic mass is 19.1. The third-order valence-corrected chi connectivity index (χ3v) is 4.56. The minimum Gasteiger partial charge on any atom is -0.497 e. The van der Waals surface area contributed by atoms with Crippen LogP contribution in [0.1, 0.15) is 10.4 Å². The lowest BCUT2D eigenvalue weighted by Crippen LogP contribution is -2.12. The molecule has 0 aliphatic rings. The fourth-order valence-corrected chi connectivity index (χ4v) is 2.95. The van der Waals surface area contributed by atoms with E-state index in [2.05, 4.69) is 15.5 Å². The van der Waals surface area contributed by atoms with Crippen molar-refractivity contribution in [1.82, 2.24) is 10.1 Å². The average molecular weight is 419 g/mol. The van der Waals surface area contributed by atoms with Gasteiger partial charge < -0.3 is 19.3 Å². The van der Waals surface area contributed by atoms with E-state index in [0.29, 0.717) is 39.7 Å². The van der Waals surface area contributed by atoms with Crippen molar-refractivity contribution in [2.24, 2.45) is 0 Å². The van der Waals surface area contributed by atoms with Crippen LogP contribution in [0.3, 0.4) is 0 Å². The molecule has 4 rings (SSSR count). The molecule has 0 spiro atoms. The number of anilines is 1. The van der Waals surface area contributed by atoms with Gasteiger partial charge in [-0.2, -0.15) is 4.98 Å². The Bertz CT molecular complexity index is 1220. The summed E-state index contributed by atoms with van der Waals surface area (Å²) >= 11 is 0. The molecule has 3 aromatic carbocycles. The number of amides is 1. The summed E-state index contributed by atoms with van der Waals surface area (Å²) in [5.41, 5.74) is 2.11. The SMILES string of the molecule is COc1ccc(NC(=O)c2cccc(-c3nc(-c4ccc(F)cc4)no3)c2)c(OC)c1. The maximum absolute atomic E-state index is 13.1. The second-order valence-electron chi connectivity index (χ2n) is 6.53. The lowest BCUT2D eigenvalue weighted by atomic mass is 10.1. The van der Waals surface area contributed by atoms with Gasteiger partial charge >= 0.3 is 0 Å². The van der Waals surface area contributed by atoms with E-state index in [-0.39, 0.29) is 17.6 Å². The zero-order chi connectivity index (χ0) is 21.8. The van der Waals surface area contributed by atoms with Crippen LogP contribution in [0.25, 0.3) is 22.8 Å². The second-order valence-corrected chi connectivity index (χ2v) is 6.53. The van der Waals surface area contributed by atoms with Crippen LogP contribution in [0.2, 0.25) is 0 Å². The fraction of sp³-hybridized carbons (Fsp3) is 0.0870. The number of carbonyl (C=O) groups is 1. The molecule has 1 N–H and O–H groups in total. The smallest absolute Gasteiger partial charge is 0.258 e. The molecule has 0 radical (unpaired) electrons. The predicted molar refractivity (Wildman–Crippen MR) is 113 cm³/mol. The van der Waals surface area contributed by atoms with Crippen LogP contribution in [0.5, 0.6) is 11.5 Å². The molecule has 0 aliphatic carbocycles. The topological polar surface area (TPSA) is 86.5 Å². The fourth-order valence-electron chi connectivity index (χ4n) is 2.95. The van der Waals surface area contributed by atoms with Crippen LogP contribution >= 0.6 is 0 Å². The Morgan fingerprint density at radius 3 is 2.52 bits per heavy atom. The number of rotatable bonds is 6. The number of methoxy groups -OCH3 is 2. The zero-order valence-corrected chi connectivity index (χ0v) is 16.8. The molecule has 1 aromatic heterocycles. The standard InChI is InChI=1S/C23H18FN3O4/c1-29-18-10-11-19(20(13-18)30-2)25-22(28)15-4-3-5-16(12-15)23-26-21(27-31-23)14-6-8-17(24)9-7-14/h3-13H,1-2H3,(H,25,28). The highest BCUT2D eigenvalue weighted by molar-refractivity contribution is 6.05. The van der Waals surface area contributed by atoms with E-state index in [0.717, 1.165) is 0 Å². The van der Waals surface area contributed by atoms with Crippen LogP contribution in [0.4, 0.5) is 10.1 Å². The second kappa shape index (κ2) is 8.66. The molecule has 0 atom stereocenters. The first-order valence-electron chi connectivity index (χ1n) is 9.31. The van der Waals surface area contributed by atoms with Gasteiger partial charge in [-0.1, -0.05) is 11.2 Å². The molecule has 0 unspecified atom stereocenters. The first-order valence-corrected chi connectivity index (χ1v) is 9.31. The van der Waals surface area contributed by atoms with Gasteiger partial charge in [0.05, 0.1) is 19.9 Å².